The quantitative estimate of drug-likeness (QED) is 0.778. The second-order valence-electron chi connectivity index (χ2n) is 5.28. The molecule has 3 aromatic rings. The molecule has 25 heavy (non-hydrogen) atoms. The largest absolute Gasteiger partial charge is 0.323 e. The highest BCUT2D eigenvalue weighted by atomic mass is 35.5. The number of halogens is 2. The van der Waals surface area contributed by atoms with E-state index in [-0.39, 0.29) is 17.9 Å². The first-order valence-electron chi connectivity index (χ1n) is 7.40. The highest BCUT2D eigenvalue weighted by Gasteiger charge is 2.09. The molecule has 0 unspecified atom stereocenters. The number of carbonyl (C=O) groups excluding carboxylic acids is 1. The molecule has 0 atom stereocenters. The van der Waals surface area contributed by atoms with Gasteiger partial charge in [-0.25, -0.2) is 9.37 Å². The predicted octanol–water partition coefficient (Wildman–Crippen LogP) is 3.34. The number of aromatic nitrogens is 2. The number of nitrogens with one attached hydrogen (secondary N) is 1. The molecule has 0 radical (unpaired) electrons. The van der Waals surface area contributed by atoms with Crippen LogP contribution < -0.4 is 10.9 Å². The van der Waals surface area contributed by atoms with Gasteiger partial charge in [0.2, 0.25) is 5.91 Å². The molecule has 7 heteroatoms. The number of anilines is 1. The first-order valence-corrected chi connectivity index (χ1v) is 7.77. The zero-order valence-corrected chi connectivity index (χ0v) is 13.7. The Balaban J connectivity index is 1.75. The first-order chi connectivity index (χ1) is 12.0. The van der Waals surface area contributed by atoms with Gasteiger partial charge in [0.1, 0.15) is 12.4 Å². The lowest BCUT2D eigenvalue weighted by atomic mass is 10.1. The van der Waals surface area contributed by atoms with Crippen LogP contribution in [0.4, 0.5) is 10.1 Å². The normalized spacial score (nSPS) is 10.5. The molecule has 0 aliphatic heterocycles. The number of nitrogens with zero attached hydrogens (tertiary/aromatic N) is 2. The number of carbonyl (C=O) groups is 1. The highest BCUT2D eigenvalue weighted by molar-refractivity contribution is 6.33. The Hall–Kier alpha value is -2.99. The van der Waals surface area contributed by atoms with Crippen molar-refractivity contribution in [3.63, 3.8) is 0 Å². The molecule has 0 spiro atoms. The lowest BCUT2D eigenvalue weighted by Crippen LogP contribution is -2.27. The second-order valence-corrected chi connectivity index (χ2v) is 5.68. The Bertz CT molecular complexity index is 971. The molecule has 1 heterocycles. The summed E-state index contributed by atoms with van der Waals surface area (Å²) in [5, 5.41) is 3.05. The van der Waals surface area contributed by atoms with Gasteiger partial charge < -0.3 is 5.32 Å². The van der Waals surface area contributed by atoms with Crippen molar-refractivity contribution < 1.29 is 9.18 Å². The standard InChI is InChI=1S/C18H13ClFN3O2/c19-14-3-1-2-4-15(14)22-17(24)10-23-11-21-16(9-18(23)25)12-5-7-13(20)8-6-12/h1-9,11H,10H2,(H,22,24). The smallest absolute Gasteiger partial charge is 0.254 e. The molecule has 3 rings (SSSR count). The number of hydrogen-bond donors (Lipinski definition) is 1. The topological polar surface area (TPSA) is 64.0 Å². The number of rotatable bonds is 4. The third-order valence-electron chi connectivity index (χ3n) is 3.48. The van der Waals surface area contributed by atoms with Gasteiger partial charge in [-0.05, 0) is 36.4 Å². The summed E-state index contributed by atoms with van der Waals surface area (Å²) in [6.45, 7) is -0.194. The lowest BCUT2D eigenvalue weighted by Gasteiger charge is -2.09. The molecular formula is C18H13ClFN3O2. The zero-order valence-electron chi connectivity index (χ0n) is 12.9. The van der Waals surface area contributed by atoms with E-state index in [4.69, 9.17) is 11.6 Å². The molecule has 126 valence electrons. The van der Waals surface area contributed by atoms with Crippen LogP contribution in [-0.4, -0.2) is 15.5 Å². The Morgan fingerprint density at radius 3 is 2.56 bits per heavy atom. The van der Waals surface area contributed by atoms with Gasteiger partial charge in [-0.2, -0.15) is 0 Å². The van der Waals surface area contributed by atoms with Crippen LogP contribution in [0.15, 0.2) is 65.7 Å². The van der Waals surface area contributed by atoms with Gasteiger partial charge in [0, 0.05) is 11.6 Å². The number of benzene rings is 2. The van der Waals surface area contributed by atoms with Crippen LogP contribution in [0.3, 0.4) is 0 Å². The van der Waals surface area contributed by atoms with Crippen LogP contribution in [0.1, 0.15) is 0 Å². The average Bonchev–Trinajstić information content (AvgIpc) is 2.59. The predicted molar refractivity (Wildman–Crippen MR) is 94.0 cm³/mol. The summed E-state index contributed by atoms with van der Waals surface area (Å²) >= 11 is 5.98. The van der Waals surface area contributed by atoms with Gasteiger partial charge in [-0.15, -0.1) is 0 Å². The maximum atomic E-state index is 13.0. The maximum absolute atomic E-state index is 13.0. The first kappa shape index (κ1) is 16.9. The summed E-state index contributed by atoms with van der Waals surface area (Å²) in [6.07, 6.45) is 1.28. The molecule has 0 saturated carbocycles. The number of amides is 1. The summed E-state index contributed by atoms with van der Waals surface area (Å²) in [5.41, 5.74) is 1.11. The van der Waals surface area contributed by atoms with Gasteiger partial charge in [0.05, 0.1) is 22.7 Å². The molecule has 0 fully saturated rings. The maximum Gasteiger partial charge on any atom is 0.254 e. The van der Waals surface area contributed by atoms with E-state index in [2.05, 4.69) is 10.3 Å². The number of para-hydroxylation sites is 1. The van der Waals surface area contributed by atoms with Crippen molar-refractivity contribution >= 4 is 23.2 Å². The SMILES string of the molecule is O=C(Cn1cnc(-c2ccc(F)cc2)cc1=O)Nc1ccccc1Cl. The summed E-state index contributed by atoms with van der Waals surface area (Å²) in [5.74, 6) is -0.764. The van der Waals surface area contributed by atoms with Crippen LogP contribution in [0.5, 0.6) is 0 Å². The van der Waals surface area contributed by atoms with Crippen LogP contribution >= 0.6 is 11.6 Å². The van der Waals surface area contributed by atoms with Gasteiger partial charge >= 0.3 is 0 Å². The zero-order chi connectivity index (χ0) is 17.8. The molecule has 0 saturated heterocycles. The van der Waals surface area contributed by atoms with Gasteiger partial charge in [-0.1, -0.05) is 23.7 Å². The summed E-state index contributed by atoms with van der Waals surface area (Å²) in [4.78, 5) is 28.4. The second kappa shape index (κ2) is 7.27. The third-order valence-corrected chi connectivity index (χ3v) is 3.81. The van der Waals surface area contributed by atoms with E-state index in [9.17, 15) is 14.0 Å². The van der Waals surface area contributed by atoms with Crippen molar-refractivity contribution in [2.45, 2.75) is 6.54 Å². The van der Waals surface area contributed by atoms with E-state index in [1.165, 1.54) is 41.2 Å². The van der Waals surface area contributed by atoms with Crippen molar-refractivity contribution in [3.05, 3.63) is 82.1 Å². The molecule has 0 aliphatic carbocycles. The highest BCUT2D eigenvalue weighted by Crippen LogP contribution is 2.20. The van der Waals surface area contributed by atoms with Crippen LogP contribution in [0.2, 0.25) is 5.02 Å². The van der Waals surface area contributed by atoms with E-state index in [0.717, 1.165) is 0 Å². The Labute approximate surface area is 147 Å². The van der Waals surface area contributed by atoms with Crippen molar-refractivity contribution in [3.8, 4) is 11.3 Å². The molecule has 5 nitrogen and oxygen atoms in total. The fraction of sp³-hybridized carbons (Fsp3) is 0.0556. The molecule has 2 aromatic carbocycles. The molecule has 1 amide bonds. The van der Waals surface area contributed by atoms with Crippen molar-refractivity contribution in [1.82, 2.24) is 9.55 Å². The molecule has 0 aliphatic rings. The Morgan fingerprint density at radius 2 is 1.88 bits per heavy atom. The van der Waals surface area contributed by atoms with Crippen molar-refractivity contribution in [2.24, 2.45) is 0 Å². The van der Waals surface area contributed by atoms with E-state index in [0.29, 0.717) is 22.0 Å². The van der Waals surface area contributed by atoms with Gasteiger partial charge in [0.25, 0.3) is 5.56 Å². The van der Waals surface area contributed by atoms with Gasteiger partial charge in [0.15, 0.2) is 0 Å². The number of hydrogen-bond acceptors (Lipinski definition) is 3. The minimum atomic E-state index is -0.397. The molecular weight excluding hydrogens is 345 g/mol. The lowest BCUT2D eigenvalue weighted by molar-refractivity contribution is -0.116. The molecule has 0 bridgehead atoms. The molecule has 1 aromatic heterocycles. The van der Waals surface area contributed by atoms with E-state index < -0.39 is 5.91 Å². The van der Waals surface area contributed by atoms with Crippen molar-refractivity contribution in [2.75, 3.05) is 5.32 Å². The van der Waals surface area contributed by atoms with Crippen LogP contribution in [0.25, 0.3) is 11.3 Å². The van der Waals surface area contributed by atoms with Gasteiger partial charge in [-0.3, -0.25) is 14.2 Å². The van der Waals surface area contributed by atoms with E-state index in [1.807, 2.05) is 0 Å². The van der Waals surface area contributed by atoms with Crippen molar-refractivity contribution in [1.29, 1.82) is 0 Å². The monoisotopic (exact) mass is 357 g/mol. The van der Waals surface area contributed by atoms with E-state index in [1.54, 1.807) is 24.3 Å². The average molecular weight is 358 g/mol. The van der Waals surface area contributed by atoms with E-state index >= 15 is 0 Å². The summed E-state index contributed by atoms with van der Waals surface area (Å²) in [6, 6.07) is 13.8. The fourth-order valence-corrected chi connectivity index (χ4v) is 2.41. The minimum absolute atomic E-state index is 0.194. The van der Waals surface area contributed by atoms with Crippen LogP contribution in [-0.2, 0) is 11.3 Å². The fourth-order valence-electron chi connectivity index (χ4n) is 2.23. The third kappa shape index (κ3) is 4.10. The molecule has 1 N–H and O–H groups in total. The summed E-state index contributed by atoms with van der Waals surface area (Å²) in [7, 11) is 0. The summed E-state index contributed by atoms with van der Waals surface area (Å²) < 4.78 is 14.1. The Kier molecular flexibility index (Phi) is 4.90. The van der Waals surface area contributed by atoms with Crippen LogP contribution in [0, 0.1) is 5.82 Å². The Morgan fingerprint density at radius 1 is 1.16 bits per heavy atom. The minimum Gasteiger partial charge on any atom is -0.323 e.